The number of hydrogen-bond acceptors (Lipinski definition) is 15. The number of halogens is 3. The van der Waals surface area contributed by atoms with E-state index in [-0.39, 0.29) is 25.5 Å². The molecule has 7 aromatic rings. The molecule has 0 saturated carbocycles. The minimum atomic E-state index is -1.48. The Labute approximate surface area is 412 Å². The van der Waals surface area contributed by atoms with Crippen LogP contribution >= 0.6 is 34.5 Å². The molecule has 4 aromatic heterocycles. The number of anilines is 1. The van der Waals surface area contributed by atoms with Crippen molar-refractivity contribution in [1.82, 2.24) is 34.7 Å². The smallest absolute Gasteiger partial charge is 0.345 e. The van der Waals surface area contributed by atoms with Crippen LogP contribution in [0.3, 0.4) is 0 Å². The molecule has 2 atom stereocenters. The maximum absolute atomic E-state index is 14.4. The van der Waals surface area contributed by atoms with Crippen molar-refractivity contribution in [3.63, 3.8) is 0 Å². The zero-order valence-corrected chi connectivity index (χ0v) is 40.5. The van der Waals surface area contributed by atoms with Gasteiger partial charge < -0.3 is 40.0 Å². The Bertz CT molecular complexity index is 2950. The average molecular weight is 995 g/mol. The lowest BCUT2D eigenvalue weighted by molar-refractivity contribution is -0.145. The Kier molecular flexibility index (Phi) is 14.7. The summed E-state index contributed by atoms with van der Waals surface area (Å²) < 4.78 is 40.7. The normalized spacial score (nSPS) is 16.6. The lowest BCUT2D eigenvalue weighted by atomic mass is 9.92. The van der Waals surface area contributed by atoms with Crippen LogP contribution in [0, 0.1) is 19.7 Å². The summed E-state index contributed by atoms with van der Waals surface area (Å²) in [5.41, 5.74) is 10.7. The van der Waals surface area contributed by atoms with Crippen LogP contribution in [0.15, 0.2) is 79.4 Å². The number of ether oxygens (including phenoxy) is 4. The lowest BCUT2D eigenvalue weighted by Crippen LogP contribution is -2.50. The molecule has 3 aliphatic heterocycles. The molecule has 1 saturated heterocycles. The van der Waals surface area contributed by atoms with Crippen LogP contribution in [0.25, 0.3) is 43.2 Å². The van der Waals surface area contributed by atoms with Crippen molar-refractivity contribution in [3.8, 4) is 56.1 Å². The highest BCUT2D eigenvalue weighted by Crippen LogP contribution is 2.53. The maximum Gasteiger partial charge on any atom is 0.345 e. The second-order valence-electron chi connectivity index (χ2n) is 16.8. The van der Waals surface area contributed by atoms with Crippen molar-refractivity contribution >= 4 is 56.5 Å². The first-order valence-electron chi connectivity index (χ1n) is 22.6. The summed E-state index contributed by atoms with van der Waals surface area (Å²) >= 11 is 16.0. The molecule has 10 rings (SSSR count). The van der Waals surface area contributed by atoms with Gasteiger partial charge in [0.05, 0.1) is 21.1 Å². The van der Waals surface area contributed by atoms with E-state index in [1.807, 2.05) is 26.0 Å². The number of benzene rings is 3. The van der Waals surface area contributed by atoms with Gasteiger partial charge in [-0.2, -0.15) is 0 Å². The number of fused-ring (bicyclic) bond motifs is 7. The third kappa shape index (κ3) is 10.5. The summed E-state index contributed by atoms with van der Waals surface area (Å²) in [5, 5.41) is 15.1. The summed E-state index contributed by atoms with van der Waals surface area (Å²) in [6.07, 6.45) is 2.48. The molecule has 0 spiro atoms. The van der Waals surface area contributed by atoms with Crippen LogP contribution in [-0.4, -0.2) is 117 Å². The number of carboxylic acids is 1. The van der Waals surface area contributed by atoms with Crippen LogP contribution < -0.4 is 30.0 Å². The quantitative estimate of drug-likeness (QED) is 0.106. The topological polar surface area (TPSA) is 183 Å². The average Bonchev–Trinajstić information content (AvgIpc) is 3.75. The van der Waals surface area contributed by atoms with Crippen LogP contribution in [0.1, 0.15) is 29.3 Å². The molecule has 3 aromatic carbocycles. The van der Waals surface area contributed by atoms with E-state index < -0.39 is 24.0 Å². The first-order chi connectivity index (χ1) is 33.5. The third-order valence-electron chi connectivity index (χ3n) is 12.2. The third-order valence-corrected chi connectivity index (χ3v) is 14.3. The number of hydrogen-bond donors (Lipinski definition) is 3. The summed E-state index contributed by atoms with van der Waals surface area (Å²) in [6, 6.07) is 16.8. The fraction of sp³-hybridized carbons (Fsp3) is 0.320. The number of carbonyl (C=O) groups is 1. The number of pyridine rings is 1. The molecule has 7 heterocycles. The number of thiophene rings is 1. The van der Waals surface area contributed by atoms with Gasteiger partial charge in [-0.3, -0.25) is 4.90 Å². The van der Waals surface area contributed by atoms with Crippen molar-refractivity contribution in [3.05, 3.63) is 118 Å². The van der Waals surface area contributed by atoms with Crippen LogP contribution in [-0.2, 0) is 17.8 Å². The molecule has 0 radical (unpaired) electrons. The van der Waals surface area contributed by atoms with Crippen molar-refractivity contribution in [2.75, 3.05) is 64.3 Å². The number of aromatic nitrogens is 5. The Morgan fingerprint density at radius 2 is 1.70 bits per heavy atom. The fourth-order valence-corrected chi connectivity index (χ4v) is 10.2. The predicted octanol–water partition coefficient (Wildman–Crippen LogP) is 8.74. The summed E-state index contributed by atoms with van der Waals surface area (Å²) in [5.74, 6) is 0.671. The molecule has 0 unspecified atom stereocenters. The first-order valence-corrected chi connectivity index (χ1v) is 24.2. The molecule has 3 aliphatic rings. The largest absolute Gasteiger partial charge is 0.490 e. The molecule has 1 fully saturated rings. The van der Waals surface area contributed by atoms with Gasteiger partial charge in [0.2, 0.25) is 12.0 Å². The van der Waals surface area contributed by atoms with Gasteiger partial charge >= 0.3 is 5.97 Å². The fourth-order valence-electron chi connectivity index (χ4n) is 8.57. The molecule has 358 valence electrons. The number of nitrogens with two attached hydrogens (primary N) is 1. The van der Waals surface area contributed by atoms with Gasteiger partial charge in [-0.05, 0) is 91.2 Å². The highest BCUT2D eigenvalue weighted by molar-refractivity contribution is 7.22. The minimum absolute atomic E-state index is 0.0204. The van der Waals surface area contributed by atoms with Crippen molar-refractivity contribution in [2.45, 2.75) is 46.0 Å². The van der Waals surface area contributed by atoms with E-state index in [1.54, 1.807) is 48.8 Å². The zero-order valence-electron chi connectivity index (χ0n) is 38.2. The van der Waals surface area contributed by atoms with Gasteiger partial charge in [-0.15, -0.1) is 11.3 Å². The molecular formula is C50H50Cl2FN9O6S. The lowest BCUT2D eigenvalue weighted by Gasteiger charge is -2.36. The maximum atomic E-state index is 14.4. The first kappa shape index (κ1) is 47.8. The molecule has 4 bridgehead atoms. The van der Waals surface area contributed by atoms with E-state index in [4.69, 9.17) is 52.9 Å². The molecular weight excluding hydrogens is 945 g/mol. The van der Waals surface area contributed by atoms with Gasteiger partial charge in [0.25, 0.3) is 0 Å². The van der Waals surface area contributed by atoms with E-state index >= 15 is 0 Å². The standard InChI is InChI=1S/C50H50Cl2FN9O6S/c1-4-61-17-19-62(20-18-61)24-36-26-65-35-10-11-37(66-25-34-13-15-56-47(60-34)31-7-12-39(57-23-31)55-16-14-54)32(21-35)22-38(50(63)64)68-48-42-41(40-28(2)43(51)45(67-36)44(52)29(40)3)46(69-49(42)59-27-58-48)30-5-8-33(53)9-6-30/h5-13,15,21,23,27,36,38H,4,14,16-20,22,24-26,54H2,1-3H3,(H,55,57)(H,63,64)/t36-,38-/m1/s1. The summed E-state index contributed by atoms with van der Waals surface area (Å²) in [4.78, 5) is 42.1. The van der Waals surface area contributed by atoms with E-state index in [1.165, 1.54) is 29.8 Å². The van der Waals surface area contributed by atoms with Crippen LogP contribution in [0.4, 0.5) is 10.2 Å². The number of nitrogens with one attached hydrogen (secondary N) is 1. The van der Waals surface area contributed by atoms with Crippen molar-refractivity contribution in [1.29, 1.82) is 0 Å². The van der Waals surface area contributed by atoms with Gasteiger partial charge in [0.1, 0.15) is 53.6 Å². The molecule has 0 aliphatic carbocycles. The van der Waals surface area contributed by atoms with Crippen LogP contribution in [0.2, 0.25) is 10.0 Å². The van der Waals surface area contributed by atoms with Gasteiger partial charge in [0.15, 0.2) is 11.6 Å². The molecule has 19 heteroatoms. The number of piperazine rings is 1. The number of nitrogens with zero attached hydrogens (tertiary/aromatic N) is 7. The van der Waals surface area contributed by atoms with Gasteiger partial charge in [-0.25, -0.2) is 34.1 Å². The highest BCUT2D eigenvalue weighted by Gasteiger charge is 2.32. The Morgan fingerprint density at radius 3 is 2.41 bits per heavy atom. The Morgan fingerprint density at radius 1 is 0.942 bits per heavy atom. The monoisotopic (exact) mass is 993 g/mol. The second kappa shape index (κ2) is 21.2. The predicted molar refractivity (Wildman–Crippen MR) is 266 cm³/mol. The van der Waals surface area contributed by atoms with Gasteiger partial charge in [0, 0.05) is 86.2 Å². The molecule has 4 N–H and O–H groups in total. The zero-order chi connectivity index (χ0) is 48.2. The van der Waals surface area contributed by atoms with E-state index in [0.717, 1.165) is 32.7 Å². The number of rotatable bonds is 12. The Hall–Kier alpha value is -6.21. The second-order valence-corrected chi connectivity index (χ2v) is 18.5. The van der Waals surface area contributed by atoms with Crippen molar-refractivity contribution in [2.24, 2.45) is 5.73 Å². The number of likely N-dealkylation sites (N-methyl/N-ethyl adjacent to an activating group) is 1. The van der Waals surface area contributed by atoms with Gasteiger partial charge in [-0.1, -0.05) is 42.3 Å². The molecule has 0 amide bonds. The summed E-state index contributed by atoms with van der Waals surface area (Å²) in [7, 11) is 0. The molecule has 69 heavy (non-hydrogen) atoms. The van der Waals surface area contributed by atoms with Crippen LogP contribution in [0.5, 0.6) is 23.1 Å². The minimum Gasteiger partial charge on any atom is -0.490 e. The Balaban J connectivity index is 1.13. The van der Waals surface area contributed by atoms with Crippen molar-refractivity contribution < 1.29 is 33.2 Å². The SMILES string of the molecule is CCN1CCN(C[C@@H]2COc3ccc(OCc4ccnc(-c5ccc(NCCN)nc5)n4)c(c3)C[C@H](C(=O)O)Oc3ncnc4sc(-c5ccc(F)cc5)c(c34)-c3c(C)c(Cl)c(c(Cl)c3C)O2)CC1. The van der Waals surface area contributed by atoms with E-state index in [2.05, 4.69) is 42.0 Å². The highest BCUT2D eigenvalue weighted by atomic mass is 35.5. The van der Waals surface area contributed by atoms with E-state index in [0.29, 0.717) is 118 Å². The number of aliphatic carboxylic acids is 1. The number of carboxylic acid groups (broad SMARTS) is 1. The van der Waals surface area contributed by atoms with E-state index in [9.17, 15) is 14.3 Å². The summed E-state index contributed by atoms with van der Waals surface area (Å²) in [6.45, 7) is 12.1. The molecule has 15 nitrogen and oxygen atoms in total.